The van der Waals surface area contributed by atoms with Crippen molar-refractivity contribution in [3.05, 3.63) is 52.6 Å². The summed E-state index contributed by atoms with van der Waals surface area (Å²) in [6.45, 7) is 0. The van der Waals surface area contributed by atoms with Gasteiger partial charge in [-0.25, -0.2) is 19.3 Å². The van der Waals surface area contributed by atoms with Gasteiger partial charge in [-0.05, 0) is 49.7 Å². The van der Waals surface area contributed by atoms with Gasteiger partial charge in [-0.15, -0.1) is 0 Å². The zero-order valence-corrected chi connectivity index (χ0v) is 18.4. The van der Waals surface area contributed by atoms with Crippen LogP contribution in [0.25, 0.3) is 33.3 Å². The number of non-ortho nitro benzene ring substituents is 1. The molecule has 4 aromatic rings. The number of nitro groups is 1. The summed E-state index contributed by atoms with van der Waals surface area (Å²) in [6, 6.07) is 5.29. The second kappa shape index (κ2) is 7.97. The molecule has 2 unspecified atom stereocenters. The number of nitrogens with zero attached hydrogens (tertiary/aromatic N) is 4. The number of nitrogens with one attached hydrogen (secondary N) is 2. The Morgan fingerprint density at radius 2 is 1.91 bits per heavy atom. The number of hydrogen-bond acceptors (Lipinski definition) is 7. The van der Waals surface area contributed by atoms with Crippen molar-refractivity contribution in [1.82, 2.24) is 19.9 Å². The quantitative estimate of drug-likeness (QED) is 0.281. The van der Waals surface area contributed by atoms with Gasteiger partial charge in [-0.2, -0.15) is 0 Å². The average molecular weight is 476 g/mol. The summed E-state index contributed by atoms with van der Waals surface area (Å²) in [4.78, 5) is 39.4. The van der Waals surface area contributed by atoms with Crippen LogP contribution >= 0.6 is 0 Å². The number of aromatic amines is 1. The molecule has 3 fully saturated rings. The first-order chi connectivity index (χ1) is 16.9. The normalized spacial score (nSPS) is 23.6. The molecule has 2 bridgehead atoms. The van der Waals surface area contributed by atoms with Gasteiger partial charge in [0.2, 0.25) is 0 Å². The van der Waals surface area contributed by atoms with Crippen LogP contribution in [-0.2, 0) is 4.79 Å². The molecule has 0 saturated heterocycles. The van der Waals surface area contributed by atoms with Crippen molar-refractivity contribution in [2.45, 2.75) is 31.7 Å². The SMILES string of the molecule is O=C(O)C1C2CCC(CC2)C1Nc1nc(-c2c[nH]c3ncc(F)cc23)nc2ccc([N+](=O)[O-])cc12. The number of aromatic nitrogens is 4. The van der Waals surface area contributed by atoms with Crippen molar-refractivity contribution in [1.29, 1.82) is 0 Å². The van der Waals surface area contributed by atoms with E-state index in [4.69, 9.17) is 0 Å². The summed E-state index contributed by atoms with van der Waals surface area (Å²) in [5.74, 6) is -1.06. The summed E-state index contributed by atoms with van der Waals surface area (Å²) in [5, 5.41) is 25.7. The van der Waals surface area contributed by atoms with Gasteiger partial charge in [-0.1, -0.05) is 0 Å². The molecule has 3 heterocycles. The molecule has 3 saturated carbocycles. The Bertz CT molecular complexity index is 1500. The highest BCUT2D eigenvalue weighted by Gasteiger charge is 2.47. The van der Waals surface area contributed by atoms with Crippen molar-refractivity contribution in [2.24, 2.45) is 17.8 Å². The first kappa shape index (κ1) is 21.4. The Morgan fingerprint density at radius 3 is 2.66 bits per heavy atom. The number of nitro benzene ring substituents is 1. The third-order valence-electron chi connectivity index (χ3n) is 7.44. The minimum Gasteiger partial charge on any atom is -0.481 e. The molecule has 3 aliphatic rings. The van der Waals surface area contributed by atoms with Gasteiger partial charge in [-0.3, -0.25) is 14.9 Å². The molecule has 3 aliphatic carbocycles. The van der Waals surface area contributed by atoms with Crippen LogP contribution in [-0.4, -0.2) is 42.0 Å². The number of aliphatic carboxylic acids is 1. The maximum atomic E-state index is 13.9. The first-order valence-corrected chi connectivity index (χ1v) is 11.5. The summed E-state index contributed by atoms with van der Waals surface area (Å²) in [5.41, 5.74) is 1.33. The maximum absolute atomic E-state index is 13.9. The van der Waals surface area contributed by atoms with Gasteiger partial charge in [0.1, 0.15) is 17.3 Å². The van der Waals surface area contributed by atoms with Crippen molar-refractivity contribution >= 4 is 39.4 Å². The molecule has 178 valence electrons. The lowest BCUT2D eigenvalue weighted by molar-refractivity contribution is -0.384. The molecular formula is C24H21FN6O4. The van der Waals surface area contributed by atoms with Gasteiger partial charge >= 0.3 is 5.97 Å². The van der Waals surface area contributed by atoms with Gasteiger partial charge in [0.15, 0.2) is 5.82 Å². The fourth-order valence-electron chi connectivity index (χ4n) is 5.79. The van der Waals surface area contributed by atoms with Crippen molar-refractivity contribution < 1.29 is 19.2 Å². The predicted octanol–water partition coefficient (Wildman–Crippen LogP) is 4.52. The zero-order valence-electron chi connectivity index (χ0n) is 18.4. The number of rotatable bonds is 5. The molecule has 7 rings (SSSR count). The van der Waals surface area contributed by atoms with Crippen LogP contribution in [0.2, 0.25) is 0 Å². The van der Waals surface area contributed by atoms with Gasteiger partial charge < -0.3 is 15.4 Å². The first-order valence-electron chi connectivity index (χ1n) is 11.5. The third kappa shape index (κ3) is 3.54. The van der Waals surface area contributed by atoms with Crippen molar-refractivity contribution in [3.8, 4) is 11.4 Å². The molecule has 2 atom stereocenters. The van der Waals surface area contributed by atoms with Gasteiger partial charge in [0, 0.05) is 40.7 Å². The number of pyridine rings is 1. The number of halogens is 1. The third-order valence-corrected chi connectivity index (χ3v) is 7.44. The lowest BCUT2D eigenvalue weighted by Gasteiger charge is -2.47. The number of H-pyrrole nitrogens is 1. The number of benzene rings is 1. The number of carboxylic acid groups (broad SMARTS) is 1. The average Bonchev–Trinajstić information content (AvgIpc) is 3.27. The van der Waals surface area contributed by atoms with E-state index < -0.39 is 22.6 Å². The van der Waals surface area contributed by atoms with E-state index in [9.17, 15) is 24.4 Å². The van der Waals surface area contributed by atoms with Crippen molar-refractivity contribution in [2.75, 3.05) is 5.32 Å². The van der Waals surface area contributed by atoms with E-state index in [0.717, 1.165) is 31.9 Å². The molecule has 0 radical (unpaired) electrons. The minimum atomic E-state index is -0.848. The number of carboxylic acids is 1. The number of fused-ring (bicyclic) bond motifs is 5. The molecule has 0 aliphatic heterocycles. The van der Waals surface area contributed by atoms with Gasteiger partial charge in [0.25, 0.3) is 5.69 Å². The predicted molar refractivity (Wildman–Crippen MR) is 125 cm³/mol. The Labute approximate surface area is 197 Å². The van der Waals surface area contributed by atoms with E-state index >= 15 is 0 Å². The molecule has 3 N–H and O–H groups in total. The van der Waals surface area contributed by atoms with Crippen LogP contribution in [0, 0.1) is 33.7 Å². The highest BCUT2D eigenvalue weighted by atomic mass is 19.1. The van der Waals surface area contributed by atoms with Crippen LogP contribution in [0.1, 0.15) is 25.7 Å². The molecule has 11 heteroatoms. The highest BCUT2D eigenvalue weighted by molar-refractivity contribution is 5.96. The summed E-state index contributed by atoms with van der Waals surface area (Å²) in [7, 11) is 0. The molecular weight excluding hydrogens is 455 g/mol. The maximum Gasteiger partial charge on any atom is 0.308 e. The summed E-state index contributed by atoms with van der Waals surface area (Å²) in [6.07, 6.45) is 6.37. The Balaban J connectivity index is 1.52. The Morgan fingerprint density at radius 1 is 1.14 bits per heavy atom. The molecule has 0 amide bonds. The lowest BCUT2D eigenvalue weighted by atomic mass is 9.61. The minimum absolute atomic E-state index is 0.0829. The zero-order chi connectivity index (χ0) is 24.3. The molecule has 10 nitrogen and oxygen atoms in total. The summed E-state index contributed by atoms with van der Waals surface area (Å²) < 4.78 is 13.9. The van der Waals surface area contributed by atoms with Crippen LogP contribution in [0.4, 0.5) is 15.9 Å². The van der Waals surface area contributed by atoms with Crippen LogP contribution in [0.5, 0.6) is 0 Å². The highest BCUT2D eigenvalue weighted by Crippen LogP contribution is 2.47. The number of anilines is 1. The number of carbonyl (C=O) groups is 1. The van der Waals surface area contributed by atoms with E-state index in [0.29, 0.717) is 33.3 Å². The molecule has 3 aromatic heterocycles. The van der Waals surface area contributed by atoms with E-state index in [1.807, 2.05) is 0 Å². The fourth-order valence-corrected chi connectivity index (χ4v) is 5.79. The lowest BCUT2D eigenvalue weighted by Crippen LogP contribution is -2.51. The van der Waals surface area contributed by atoms with E-state index in [1.165, 1.54) is 18.2 Å². The van der Waals surface area contributed by atoms with E-state index in [2.05, 4.69) is 25.3 Å². The van der Waals surface area contributed by atoms with Gasteiger partial charge in [0.05, 0.1) is 22.6 Å². The standard InChI is InChI=1S/C24H21FN6O4/c25-13-7-15-17(10-27-21(15)26-9-13)23-28-18-6-5-14(31(34)35)8-16(18)22(30-23)29-20-12-3-1-11(2-4-12)19(20)24(32)33/h5-12,19-20H,1-4H2,(H,26,27)(H,32,33)(H,28,29,30). The smallest absolute Gasteiger partial charge is 0.308 e. The van der Waals surface area contributed by atoms with E-state index in [-0.39, 0.29) is 29.4 Å². The molecule has 35 heavy (non-hydrogen) atoms. The second-order valence-corrected chi connectivity index (χ2v) is 9.32. The fraction of sp³-hybridized carbons (Fsp3) is 0.333. The van der Waals surface area contributed by atoms with Crippen LogP contribution < -0.4 is 5.32 Å². The Hall–Kier alpha value is -4.15. The molecule has 0 spiro atoms. The van der Waals surface area contributed by atoms with Crippen LogP contribution in [0.3, 0.4) is 0 Å². The molecule has 1 aromatic carbocycles. The largest absolute Gasteiger partial charge is 0.481 e. The second-order valence-electron chi connectivity index (χ2n) is 9.32. The monoisotopic (exact) mass is 476 g/mol. The van der Waals surface area contributed by atoms with Crippen LogP contribution in [0.15, 0.2) is 36.7 Å². The number of hydrogen-bond donors (Lipinski definition) is 3. The topological polar surface area (TPSA) is 147 Å². The van der Waals surface area contributed by atoms with Crippen molar-refractivity contribution in [3.63, 3.8) is 0 Å². The Kier molecular flexibility index (Phi) is 4.87. The summed E-state index contributed by atoms with van der Waals surface area (Å²) >= 11 is 0. The van der Waals surface area contributed by atoms with E-state index in [1.54, 1.807) is 12.3 Å².